The third kappa shape index (κ3) is 3.13. The Morgan fingerprint density at radius 1 is 1.10 bits per heavy atom. The van der Waals surface area contributed by atoms with Crippen LogP contribution >= 0.6 is 0 Å². The molecule has 0 radical (unpaired) electrons. The largest absolute Gasteiger partial charge is 0.326 e. The number of hydrogen-bond acceptors (Lipinski definition) is 2. The molecule has 3 fully saturated rings. The molecule has 4 aliphatic rings. The molecule has 0 heterocycles. The van der Waals surface area contributed by atoms with Gasteiger partial charge in [-0.25, -0.2) is 4.39 Å². The maximum atomic E-state index is 13.2. The predicted molar refractivity (Wildman–Crippen MR) is 120 cm³/mol. The number of anilines is 1. The first-order valence-corrected chi connectivity index (χ1v) is 11.7. The van der Waals surface area contributed by atoms with Crippen LogP contribution in [0.15, 0.2) is 48.1 Å². The molecule has 1 N–H and O–H groups in total. The van der Waals surface area contributed by atoms with E-state index in [-0.39, 0.29) is 34.3 Å². The number of carbonyl (C=O) groups excluding carboxylic acids is 2. The van der Waals surface area contributed by atoms with Crippen molar-refractivity contribution in [1.29, 1.82) is 0 Å². The van der Waals surface area contributed by atoms with Crippen molar-refractivity contribution in [2.75, 3.05) is 5.32 Å². The zero-order valence-corrected chi connectivity index (χ0v) is 18.5. The van der Waals surface area contributed by atoms with Gasteiger partial charge in [0.15, 0.2) is 5.78 Å². The van der Waals surface area contributed by atoms with Gasteiger partial charge in [-0.05, 0) is 103 Å². The van der Waals surface area contributed by atoms with E-state index < -0.39 is 0 Å². The normalized spacial score (nSPS) is 39.3. The predicted octanol–water partition coefficient (Wildman–Crippen LogP) is 6.08. The van der Waals surface area contributed by atoms with Crippen molar-refractivity contribution in [2.24, 2.45) is 34.5 Å². The summed E-state index contributed by atoms with van der Waals surface area (Å²) in [5.74, 6) is 1.59. The van der Waals surface area contributed by atoms with E-state index in [2.05, 4.69) is 25.7 Å². The third-order valence-corrected chi connectivity index (χ3v) is 9.36. The van der Waals surface area contributed by atoms with Gasteiger partial charge in [0.05, 0.1) is 0 Å². The minimum atomic E-state index is -0.298. The summed E-state index contributed by atoms with van der Waals surface area (Å²) >= 11 is 0. The quantitative estimate of drug-likeness (QED) is 0.629. The number of rotatable bonds is 2. The van der Waals surface area contributed by atoms with E-state index in [1.54, 1.807) is 12.1 Å². The fraction of sp³-hybridized carbons (Fsp3) is 0.556. The number of hydrogen-bond donors (Lipinski definition) is 1. The van der Waals surface area contributed by atoms with Crippen LogP contribution in [-0.4, -0.2) is 11.7 Å². The number of fused-ring (bicyclic) bond motifs is 5. The molecule has 1 amide bonds. The van der Waals surface area contributed by atoms with Crippen LogP contribution in [0.3, 0.4) is 0 Å². The second-order valence-electron chi connectivity index (χ2n) is 10.8. The van der Waals surface area contributed by atoms with Crippen LogP contribution in [0, 0.1) is 40.3 Å². The first kappa shape index (κ1) is 20.7. The Bertz CT molecular complexity index is 979. The third-order valence-electron chi connectivity index (χ3n) is 9.36. The fourth-order valence-corrected chi connectivity index (χ4v) is 7.76. The summed E-state index contributed by atoms with van der Waals surface area (Å²) in [4.78, 5) is 25.3. The number of nitrogens with one attached hydrogen (secondary N) is 1. The van der Waals surface area contributed by atoms with E-state index >= 15 is 0 Å². The number of amides is 1. The molecule has 1 aromatic carbocycles. The van der Waals surface area contributed by atoms with Crippen molar-refractivity contribution < 1.29 is 14.0 Å². The Morgan fingerprint density at radius 2 is 1.84 bits per heavy atom. The smallest absolute Gasteiger partial charge is 0.228 e. The molecule has 4 heteroatoms. The highest BCUT2D eigenvalue weighted by Gasteiger charge is 2.60. The first-order chi connectivity index (χ1) is 14.7. The summed E-state index contributed by atoms with van der Waals surface area (Å²) in [6.07, 6.45) is 8.52. The highest BCUT2D eigenvalue weighted by molar-refractivity contribution is 5.93. The molecular formula is C27H32FNO2. The zero-order chi connectivity index (χ0) is 22.0. The van der Waals surface area contributed by atoms with Crippen LogP contribution in [0.2, 0.25) is 0 Å². The molecule has 0 aromatic heterocycles. The molecule has 0 spiro atoms. The SMILES string of the molecule is C=C1C[C@H]2[C@@H]3CC[C@H](C(=O)Nc4ccc(F)cc4)[C@@]3(C)CC[C@@H]2[C@@]2(C)CCC(=O)C=C12. The van der Waals surface area contributed by atoms with Crippen molar-refractivity contribution in [3.8, 4) is 0 Å². The minimum absolute atomic E-state index is 0.0190. The average Bonchev–Trinajstić information content (AvgIpc) is 3.09. The number of carbonyl (C=O) groups is 2. The van der Waals surface area contributed by atoms with Gasteiger partial charge >= 0.3 is 0 Å². The average molecular weight is 422 g/mol. The molecule has 0 bridgehead atoms. The summed E-state index contributed by atoms with van der Waals surface area (Å²) in [6.45, 7) is 9.06. The highest BCUT2D eigenvalue weighted by atomic mass is 19.1. The van der Waals surface area contributed by atoms with Crippen LogP contribution in [0.1, 0.15) is 58.8 Å². The van der Waals surface area contributed by atoms with Crippen molar-refractivity contribution in [3.63, 3.8) is 0 Å². The van der Waals surface area contributed by atoms with Gasteiger partial charge in [0.25, 0.3) is 0 Å². The Kier molecular flexibility index (Phi) is 4.76. The standard InChI is InChI=1S/C27H32FNO2/c1-16-14-20-21-8-9-23(25(31)29-18-6-4-17(28)5-7-18)26(21,2)13-11-22(20)27(3)12-10-19(30)15-24(16)27/h4-7,15,20-23H,1,8-14H2,2-3H3,(H,29,31)/t20-,21-,22-,23+,26-,27+/m0/s1. The lowest BCUT2D eigenvalue weighted by Crippen LogP contribution is -2.51. The Labute approximate surface area is 184 Å². The van der Waals surface area contributed by atoms with Crippen LogP contribution < -0.4 is 5.32 Å². The number of allylic oxidation sites excluding steroid dienone is 2. The van der Waals surface area contributed by atoms with Crippen molar-refractivity contribution in [1.82, 2.24) is 0 Å². The molecule has 3 nitrogen and oxygen atoms in total. The van der Waals surface area contributed by atoms with E-state index in [0.29, 0.717) is 29.9 Å². The van der Waals surface area contributed by atoms with E-state index in [1.165, 1.54) is 17.7 Å². The summed E-state index contributed by atoms with van der Waals surface area (Å²) in [7, 11) is 0. The second kappa shape index (κ2) is 7.15. The monoisotopic (exact) mass is 421 g/mol. The van der Waals surface area contributed by atoms with Gasteiger partial charge in [-0.2, -0.15) is 0 Å². The molecule has 31 heavy (non-hydrogen) atoms. The Balaban J connectivity index is 1.39. The summed E-state index contributed by atoms with van der Waals surface area (Å²) in [6, 6.07) is 6.02. The lowest BCUT2D eigenvalue weighted by molar-refractivity contribution is -0.127. The zero-order valence-electron chi connectivity index (χ0n) is 18.5. The fourth-order valence-electron chi connectivity index (χ4n) is 7.76. The van der Waals surface area contributed by atoms with Crippen LogP contribution in [0.5, 0.6) is 0 Å². The number of ketones is 1. The molecular weight excluding hydrogens is 389 g/mol. The van der Waals surface area contributed by atoms with Gasteiger partial charge in [0, 0.05) is 18.0 Å². The van der Waals surface area contributed by atoms with Gasteiger partial charge in [-0.1, -0.05) is 26.0 Å². The van der Waals surface area contributed by atoms with E-state index in [1.807, 2.05) is 6.08 Å². The number of halogens is 1. The Hall–Kier alpha value is -2.23. The highest BCUT2D eigenvalue weighted by Crippen LogP contribution is 2.67. The van der Waals surface area contributed by atoms with Crippen LogP contribution in [-0.2, 0) is 9.59 Å². The van der Waals surface area contributed by atoms with Gasteiger partial charge < -0.3 is 5.32 Å². The van der Waals surface area contributed by atoms with Crippen molar-refractivity contribution in [2.45, 2.75) is 58.8 Å². The lowest BCUT2D eigenvalue weighted by Gasteiger charge is -2.58. The van der Waals surface area contributed by atoms with Crippen molar-refractivity contribution >= 4 is 17.4 Å². The molecule has 0 saturated heterocycles. The van der Waals surface area contributed by atoms with Gasteiger partial charge in [0.1, 0.15) is 5.82 Å². The molecule has 0 aliphatic heterocycles. The van der Waals surface area contributed by atoms with Crippen LogP contribution in [0.25, 0.3) is 0 Å². The van der Waals surface area contributed by atoms with Gasteiger partial charge in [-0.15, -0.1) is 0 Å². The lowest BCUT2D eigenvalue weighted by atomic mass is 9.46. The molecule has 6 atom stereocenters. The first-order valence-electron chi connectivity index (χ1n) is 11.7. The number of benzene rings is 1. The summed E-state index contributed by atoms with van der Waals surface area (Å²) < 4.78 is 13.2. The molecule has 164 valence electrons. The van der Waals surface area contributed by atoms with Crippen molar-refractivity contribution in [3.05, 3.63) is 53.9 Å². The second-order valence-corrected chi connectivity index (χ2v) is 10.8. The molecule has 0 unspecified atom stereocenters. The van der Waals surface area contributed by atoms with E-state index in [4.69, 9.17) is 0 Å². The van der Waals surface area contributed by atoms with Gasteiger partial charge in [0.2, 0.25) is 5.91 Å². The Morgan fingerprint density at radius 3 is 2.58 bits per heavy atom. The van der Waals surface area contributed by atoms with E-state index in [0.717, 1.165) is 44.1 Å². The van der Waals surface area contributed by atoms with E-state index in [9.17, 15) is 14.0 Å². The topological polar surface area (TPSA) is 46.2 Å². The molecule has 3 saturated carbocycles. The minimum Gasteiger partial charge on any atom is -0.326 e. The molecule has 5 rings (SSSR count). The summed E-state index contributed by atoms with van der Waals surface area (Å²) in [5, 5.41) is 3.04. The van der Waals surface area contributed by atoms with Crippen LogP contribution in [0.4, 0.5) is 10.1 Å². The maximum Gasteiger partial charge on any atom is 0.228 e. The maximum absolute atomic E-state index is 13.2. The summed E-state index contributed by atoms with van der Waals surface area (Å²) in [5.41, 5.74) is 3.03. The molecule has 1 aromatic rings. The van der Waals surface area contributed by atoms with Gasteiger partial charge in [-0.3, -0.25) is 9.59 Å². The molecule has 4 aliphatic carbocycles.